The van der Waals surface area contributed by atoms with Gasteiger partial charge in [0, 0.05) is 25.6 Å². The van der Waals surface area contributed by atoms with E-state index in [0.717, 1.165) is 50.8 Å². The van der Waals surface area contributed by atoms with Gasteiger partial charge in [-0.3, -0.25) is 14.3 Å². The number of piperidine rings is 1. The Kier molecular flexibility index (Phi) is 5.39. The molecule has 1 N–H and O–H groups in total. The average molecular weight is 347 g/mol. The summed E-state index contributed by atoms with van der Waals surface area (Å²) in [6.07, 6.45) is 7.49. The summed E-state index contributed by atoms with van der Waals surface area (Å²) in [4.78, 5) is 27.1. The van der Waals surface area contributed by atoms with Gasteiger partial charge in [-0.25, -0.2) is 0 Å². The van der Waals surface area contributed by atoms with E-state index in [1.54, 1.807) is 0 Å². The van der Waals surface area contributed by atoms with E-state index in [1.807, 2.05) is 29.6 Å². The Balaban J connectivity index is 1.69. The molecule has 1 aromatic rings. The van der Waals surface area contributed by atoms with Crippen LogP contribution in [0.2, 0.25) is 0 Å². The number of aromatic nitrogens is 3. The maximum Gasteiger partial charge on any atom is 0.226 e. The van der Waals surface area contributed by atoms with Crippen molar-refractivity contribution in [2.24, 2.45) is 11.3 Å². The van der Waals surface area contributed by atoms with Crippen LogP contribution < -0.4 is 5.32 Å². The topological polar surface area (TPSA) is 80.1 Å². The average Bonchev–Trinajstić information content (AvgIpc) is 3.06. The van der Waals surface area contributed by atoms with Crippen molar-refractivity contribution in [2.75, 3.05) is 13.1 Å². The highest BCUT2D eigenvalue weighted by Gasteiger charge is 2.41. The number of nitrogens with zero attached hydrogens (tertiary/aromatic N) is 4. The molecule has 0 aliphatic carbocycles. The highest BCUT2D eigenvalue weighted by Crippen LogP contribution is 2.37. The minimum atomic E-state index is -0.344. The molecular formula is C18H29N5O2. The second-order valence-corrected chi connectivity index (χ2v) is 7.73. The molecule has 0 saturated carbocycles. The van der Waals surface area contributed by atoms with Crippen LogP contribution in [0.5, 0.6) is 0 Å². The number of likely N-dealkylation sites (tertiary alicyclic amines) is 1. The molecule has 2 amide bonds. The lowest BCUT2D eigenvalue weighted by Crippen LogP contribution is -2.50. The van der Waals surface area contributed by atoms with Gasteiger partial charge >= 0.3 is 0 Å². The van der Waals surface area contributed by atoms with Crippen molar-refractivity contribution in [1.29, 1.82) is 0 Å². The number of nitrogens with one attached hydrogen (secondary N) is 1. The highest BCUT2D eigenvalue weighted by molar-refractivity contribution is 5.83. The quantitative estimate of drug-likeness (QED) is 0.839. The molecule has 3 rings (SSSR count). The van der Waals surface area contributed by atoms with Gasteiger partial charge in [0.2, 0.25) is 11.8 Å². The van der Waals surface area contributed by atoms with E-state index >= 15 is 0 Å². The summed E-state index contributed by atoms with van der Waals surface area (Å²) < 4.78 is 1.86. The van der Waals surface area contributed by atoms with Gasteiger partial charge in [-0.1, -0.05) is 31.9 Å². The maximum atomic E-state index is 13.0. The molecule has 2 bridgehead atoms. The molecule has 2 aliphatic heterocycles. The Morgan fingerprint density at radius 1 is 1.16 bits per heavy atom. The van der Waals surface area contributed by atoms with Gasteiger partial charge in [0.1, 0.15) is 5.69 Å². The Labute approximate surface area is 149 Å². The van der Waals surface area contributed by atoms with Crippen molar-refractivity contribution in [2.45, 2.75) is 65.5 Å². The third-order valence-electron chi connectivity index (χ3n) is 5.57. The van der Waals surface area contributed by atoms with Gasteiger partial charge < -0.3 is 10.2 Å². The molecule has 25 heavy (non-hydrogen) atoms. The zero-order valence-electron chi connectivity index (χ0n) is 15.3. The first-order valence-corrected chi connectivity index (χ1v) is 9.46. The van der Waals surface area contributed by atoms with Crippen molar-refractivity contribution >= 4 is 11.8 Å². The van der Waals surface area contributed by atoms with E-state index in [4.69, 9.17) is 0 Å². The van der Waals surface area contributed by atoms with E-state index in [1.165, 1.54) is 0 Å². The van der Waals surface area contributed by atoms with Gasteiger partial charge in [-0.2, -0.15) is 0 Å². The second kappa shape index (κ2) is 7.54. The lowest BCUT2D eigenvalue weighted by Gasteiger charge is -2.41. The van der Waals surface area contributed by atoms with Gasteiger partial charge in [0.05, 0.1) is 18.2 Å². The molecule has 0 radical (unpaired) electrons. The fourth-order valence-electron chi connectivity index (χ4n) is 3.91. The van der Waals surface area contributed by atoms with E-state index in [9.17, 15) is 9.59 Å². The Morgan fingerprint density at radius 2 is 1.92 bits per heavy atom. The summed E-state index contributed by atoms with van der Waals surface area (Å²) in [5.41, 5.74) is 0.458. The molecule has 138 valence electrons. The Bertz CT molecular complexity index is 617. The number of aryl methyl sites for hydroxylation is 1. The largest absolute Gasteiger partial charge is 0.350 e. The van der Waals surface area contributed by atoms with E-state index in [0.29, 0.717) is 19.6 Å². The smallest absolute Gasteiger partial charge is 0.226 e. The van der Waals surface area contributed by atoms with E-state index < -0.39 is 0 Å². The van der Waals surface area contributed by atoms with Gasteiger partial charge in [-0.05, 0) is 25.7 Å². The SMILES string of the molecule is CC(C)C(=O)N1CCC2(CCCCCn3cc(nn3)CNC2=O)CC1. The van der Waals surface area contributed by atoms with Crippen LogP contribution in [-0.2, 0) is 22.7 Å². The molecule has 0 unspecified atom stereocenters. The van der Waals surface area contributed by atoms with Crippen LogP contribution in [0.15, 0.2) is 6.20 Å². The zero-order valence-corrected chi connectivity index (χ0v) is 15.3. The van der Waals surface area contributed by atoms with Gasteiger partial charge in [0.15, 0.2) is 0 Å². The minimum absolute atomic E-state index is 0.0156. The highest BCUT2D eigenvalue weighted by atomic mass is 16.2. The molecule has 1 saturated heterocycles. The minimum Gasteiger partial charge on any atom is -0.350 e. The maximum absolute atomic E-state index is 13.0. The lowest BCUT2D eigenvalue weighted by atomic mass is 9.73. The first-order valence-electron chi connectivity index (χ1n) is 9.46. The fourth-order valence-corrected chi connectivity index (χ4v) is 3.91. The molecule has 0 aromatic carbocycles. The van der Waals surface area contributed by atoms with Crippen molar-refractivity contribution in [3.63, 3.8) is 0 Å². The predicted octanol–water partition coefficient (Wildman–Crippen LogP) is 1.73. The molecule has 1 spiro atoms. The van der Waals surface area contributed by atoms with Crippen molar-refractivity contribution in [3.05, 3.63) is 11.9 Å². The number of rotatable bonds is 1. The Morgan fingerprint density at radius 3 is 2.64 bits per heavy atom. The van der Waals surface area contributed by atoms with Crippen molar-refractivity contribution in [3.8, 4) is 0 Å². The van der Waals surface area contributed by atoms with Crippen LogP contribution in [0, 0.1) is 11.3 Å². The molecule has 1 fully saturated rings. The molecular weight excluding hydrogens is 318 g/mol. The number of fused-ring (bicyclic) bond motifs is 2. The summed E-state index contributed by atoms with van der Waals surface area (Å²) in [6, 6.07) is 0. The number of amides is 2. The molecule has 7 heteroatoms. The van der Waals surface area contributed by atoms with E-state index in [-0.39, 0.29) is 23.1 Å². The third kappa shape index (κ3) is 4.02. The fraction of sp³-hybridized carbons (Fsp3) is 0.778. The lowest BCUT2D eigenvalue weighted by molar-refractivity contribution is -0.143. The van der Waals surface area contributed by atoms with Crippen LogP contribution in [0.4, 0.5) is 0 Å². The first-order chi connectivity index (χ1) is 12.0. The van der Waals surface area contributed by atoms with Crippen LogP contribution in [0.1, 0.15) is 58.1 Å². The third-order valence-corrected chi connectivity index (χ3v) is 5.57. The van der Waals surface area contributed by atoms with Crippen LogP contribution in [0.3, 0.4) is 0 Å². The zero-order chi connectivity index (χ0) is 17.9. The van der Waals surface area contributed by atoms with Crippen molar-refractivity contribution < 1.29 is 9.59 Å². The summed E-state index contributed by atoms with van der Waals surface area (Å²) in [5, 5.41) is 11.3. The van der Waals surface area contributed by atoms with Crippen LogP contribution >= 0.6 is 0 Å². The Hall–Kier alpha value is -1.92. The van der Waals surface area contributed by atoms with Crippen LogP contribution in [-0.4, -0.2) is 44.8 Å². The predicted molar refractivity (Wildman–Crippen MR) is 93.4 cm³/mol. The number of carbonyl (C=O) groups is 2. The molecule has 0 atom stereocenters. The summed E-state index contributed by atoms with van der Waals surface area (Å²) in [6.45, 7) is 6.53. The van der Waals surface area contributed by atoms with Gasteiger partial charge in [0.25, 0.3) is 0 Å². The normalized spacial score (nSPS) is 21.6. The standard InChI is InChI=1S/C18H29N5O2/c1-14(2)16(24)22-10-7-18(8-11-22)6-4-3-5-9-23-13-15(20-21-23)12-19-17(18)25/h13-14H,3-12H2,1-2H3,(H,19,25). The number of hydrogen-bond acceptors (Lipinski definition) is 4. The summed E-state index contributed by atoms with van der Waals surface area (Å²) in [7, 11) is 0. The molecule has 3 heterocycles. The summed E-state index contributed by atoms with van der Waals surface area (Å²) >= 11 is 0. The molecule has 1 aromatic heterocycles. The van der Waals surface area contributed by atoms with Crippen LogP contribution in [0.25, 0.3) is 0 Å². The van der Waals surface area contributed by atoms with Gasteiger partial charge in [-0.15, -0.1) is 5.10 Å². The van der Waals surface area contributed by atoms with E-state index in [2.05, 4.69) is 15.6 Å². The first kappa shape index (κ1) is 17.9. The summed E-state index contributed by atoms with van der Waals surface area (Å²) in [5.74, 6) is 0.320. The molecule has 7 nitrogen and oxygen atoms in total. The number of carbonyl (C=O) groups excluding carboxylic acids is 2. The monoisotopic (exact) mass is 347 g/mol. The molecule has 2 aliphatic rings. The number of hydrogen-bond donors (Lipinski definition) is 1. The van der Waals surface area contributed by atoms with Crippen molar-refractivity contribution in [1.82, 2.24) is 25.2 Å². The second-order valence-electron chi connectivity index (χ2n) is 7.73.